The van der Waals surface area contributed by atoms with Crippen LogP contribution in [0, 0.1) is 11.3 Å². The summed E-state index contributed by atoms with van der Waals surface area (Å²) in [6.45, 7) is 2.42. The summed E-state index contributed by atoms with van der Waals surface area (Å²) in [6, 6.07) is 1.86. The average Bonchev–Trinajstić information content (AvgIpc) is 2.28. The van der Waals surface area contributed by atoms with Crippen molar-refractivity contribution in [2.75, 3.05) is 18.0 Å². The molecule has 0 saturated heterocycles. The summed E-state index contributed by atoms with van der Waals surface area (Å²) < 4.78 is 0. The highest BCUT2D eigenvalue weighted by molar-refractivity contribution is 5.73. The van der Waals surface area contributed by atoms with Crippen LogP contribution in [0.3, 0.4) is 0 Å². The highest BCUT2D eigenvalue weighted by atomic mass is 16.4. The first-order valence-corrected chi connectivity index (χ1v) is 4.86. The summed E-state index contributed by atoms with van der Waals surface area (Å²) in [6.07, 6.45) is 3.56. The maximum Gasteiger partial charge on any atom is 0.323 e. The Hall–Kier alpha value is -2.16. The van der Waals surface area contributed by atoms with Crippen molar-refractivity contribution in [2.45, 2.75) is 13.3 Å². The number of anilines is 1. The molecule has 0 bridgehead atoms. The number of hydrogen-bond acceptors (Lipinski definition) is 5. The Kier molecular flexibility index (Phi) is 4.21. The lowest BCUT2D eigenvalue weighted by atomic mass is 10.4. The molecule has 0 unspecified atom stereocenters. The van der Waals surface area contributed by atoms with E-state index in [-0.39, 0.29) is 12.2 Å². The van der Waals surface area contributed by atoms with Crippen molar-refractivity contribution in [1.82, 2.24) is 9.97 Å². The number of nitriles is 1. The van der Waals surface area contributed by atoms with Crippen molar-refractivity contribution in [3.05, 3.63) is 18.1 Å². The average molecular weight is 220 g/mol. The van der Waals surface area contributed by atoms with Gasteiger partial charge in [-0.15, -0.1) is 0 Å². The molecule has 6 heteroatoms. The van der Waals surface area contributed by atoms with Gasteiger partial charge in [0.05, 0.1) is 12.4 Å². The van der Waals surface area contributed by atoms with E-state index in [2.05, 4.69) is 9.97 Å². The van der Waals surface area contributed by atoms with Crippen LogP contribution in [-0.2, 0) is 4.79 Å². The zero-order valence-electron chi connectivity index (χ0n) is 8.92. The second-order valence-electron chi connectivity index (χ2n) is 3.19. The highest BCUT2D eigenvalue weighted by Gasteiger charge is 2.11. The highest BCUT2D eigenvalue weighted by Crippen LogP contribution is 2.08. The Labute approximate surface area is 93.2 Å². The van der Waals surface area contributed by atoms with Gasteiger partial charge in [0, 0.05) is 6.54 Å². The summed E-state index contributed by atoms with van der Waals surface area (Å²) in [5.41, 5.74) is 0.218. The Morgan fingerprint density at radius 1 is 1.56 bits per heavy atom. The molecule has 0 aromatic carbocycles. The standard InChI is InChI=1S/C10H12N4O2/c1-2-3-14(7-10(15)16)9-6-12-8(4-11)5-13-9/h5-6H,2-3,7H2,1H3,(H,15,16). The number of aromatic nitrogens is 2. The number of nitrogens with zero attached hydrogens (tertiary/aromatic N) is 4. The monoisotopic (exact) mass is 220 g/mol. The molecule has 0 spiro atoms. The van der Waals surface area contributed by atoms with Gasteiger partial charge in [-0.05, 0) is 6.42 Å². The molecule has 1 N–H and O–H groups in total. The molecule has 1 heterocycles. The number of rotatable bonds is 5. The maximum atomic E-state index is 10.6. The van der Waals surface area contributed by atoms with Crippen LogP contribution < -0.4 is 4.90 Å². The number of carboxylic acid groups (broad SMARTS) is 1. The van der Waals surface area contributed by atoms with E-state index < -0.39 is 5.97 Å². The molecule has 0 radical (unpaired) electrons. The molecule has 1 rings (SSSR count). The molecule has 0 fully saturated rings. The molecular formula is C10H12N4O2. The molecule has 1 aromatic rings. The third kappa shape index (κ3) is 3.20. The van der Waals surface area contributed by atoms with E-state index in [1.165, 1.54) is 12.4 Å². The maximum absolute atomic E-state index is 10.6. The van der Waals surface area contributed by atoms with E-state index in [0.29, 0.717) is 12.4 Å². The van der Waals surface area contributed by atoms with Crippen LogP contribution in [0.5, 0.6) is 0 Å². The van der Waals surface area contributed by atoms with Gasteiger partial charge < -0.3 is 10.0 Å². The first kappa shape index (κ1) is 11.9. The van der Waals surface area contributed by atoms with Gasteiger partial charge in [-0.3, -0.25) is 4.79 Å². The van der Waals surface area contributed by atoms with Gasteiger partial charge in [-0.25, -0.2) is 9.97 Å². The van der Waals surface area contributed by atoms with Crippen LogP contribution >= 0.6 is 0 Å². The Bertz CT molecular complexity index is 396. The summed E-state index contributed by atoms with van der Waals surface area (Å²) in [7, 11) is 0. The quantitative estimate of drug-likeness (QED) is 0.783. The Balaban J connectivity index is 2.84. The van der Waals surface area contributed by atoms with E-state index in [9.17, 15) is 4.79 Å². The van der Waals surface area contributed by atoms with Gasteiger partial charge >= 0.3 is 5.97 Å². The molecular weight excluding hydrogens is 208 g/mol. The fourth-order valence-electron chi connectivity index (χ4n) is 1.25. The summed E-state index contributed by atoms with van der Waals surface area (Å²) in [5.74, 6) is -0.442. The summed E-state index contributed by atoms with van der Waals surface area (Å²) in [5, 5.41) is 17.3. The minimum Gasteiger partial charge on any atom is -0.480 e. The third-order valence-corrected chi connectivity index (χ3v) is 1.90. The van der Waals surface area contributed by atoms with Crippen LogP contribution in [0.4, 0.5) is 5.82 Å². The number of carboxylic acids is 1. The lowest BCUT2D eigenvalue weighted by molar-refractivity contribution is -0.135. The molecule has 0 aliphatic rings. The second-order valence-corrected chi connectivity index (χ2v) is 3.19. The van der Waals surface area contributed by atoms with Gasteiger partial charge in [0.15, 0.2) is 5.69 Å². The van der Waals surface area contributed by atoms with E-state index in [0.717, 1.165) is 6.42 Å². The first-order valence-electron chi connectivity index (χ1n) is 4.86. The number of carbonyl (C=O) groups is 1. The van der Waals surface area contributed by atoms with Crippen LogP contribution in [0.2, 0.25) is 0 Å². The van der Waals surface area contributed by atoms with Crippen molar-refractivity contribution >= 4 is 11.8 Å². The van der Waals surface area contributed by atoms with E-state index >= 15 is 0 Å². The van der Waals surface area contributed by atoms with Crippen LogP contribution in [0.1, 0.15) is 19.0 Å². The van der Waals surface area contributed by atoms with Crippen LogP contribution in [-0.4, -0.2) is 34.1 Å². The van der Waals surface area contributed by atoms with Gasteiger partial charge in [-0.2, -0.15) is 5.26 Å². The van der Waals surface area contributed by atoms with Crippen molar-refractivity contribution < 1.29 is 9.90 Å². The molecule has 0 aliphatic heterocycles. The van der Waals surface area contributed by atoms with Gasteiger partial charge in [0.1, 0.15) is 18.4 Å². The van der Waals surface area contributed by atoms with Crippen molar-refractivity contribution in [3.8, 4) is 6.07 Å². The van der Waals surface area contributed by atoms with Crippen LogP contribution in [0.15, 0.2) is 12.4 Å². The molecule has 84 valence electrons. The topological polar surface area (TPSA) is 90.1 Å². The third-order valence-electron chi connectivity index (χ3n) is 1.90. The van der Waals surface area contributed by atoms with E-state index in [1.807, 2.05) is 13.0 Å². The molecule has 0 amide bonds. The number of aliphatic carboxylic acids is 1. The smallest absolute Gasteiger partial charge is 0.323 e. The second kappa shape index (κ2) is 5.66. The van der Waals surface area contributed by atoms with Crippen LogP contribution in [0.25, 0.3) is 0 Å². The lowest BCUT2D eigenvalue weighted by Crippen LogP contribution is -2.31. The predicted molar refractivity (Wildman–Crippen MR) is 56.9 cm³/mol. The Morgan fingerprint density at radius 3 is 2.75 bits per heavy atom. The van der Waals surface area contributed by atoms with E-state index in [4.69, 9.17) is 10.4 Å². The van der Waals surface area contributed by atoms with Crippen molar-refractivity contribution in [3.63, 3.8) is 0 Å². The van der Waals surface area contributed by atoms with Crippen molar-refractivity contribution in [1.29, 1.82) is 5.26 Å². The minimum atomic E-state index is -0.917. The molecule has 0 saturated carbocycles. The first-order chi connectivity index (χ1) is 7.67. The number of hydrogen-bond donors (Lipinski definition) is 1. The molecule has 0 aliphatic carbocycles. The van der Waals surface area contributed by atoms with Gasteiger partial charge in [-0.1, -0.05) is 6.92 Å². The molecule has 16 heavy (non-hydrogen) atoms. The minimum absolute atomic E-state index is 0.117. The molecule has 6 nitrogen and oxygen atoms in total. The van der Waals surface area contributed by atoms with Gasteiger partial charge in [0.2, 0.25) is 0 Å². The summed E-state index contributed by atoms with van der Waals surface area (Å²) >= 11 is 0. The molecule has 0 atom stereocenters. The SMILES string of the molecule is CCCN(CC(=O)O)c1cnc(C#N)cn1. The lowest BCUT2D eigenvalue weighted by Gasteiger charge is -2.20. The zero-order valence-corrected chi connectivity index (χ0v) is 8.92. The van der Waals surface area contributed by atoms with Crippen molar-refractivity contribution in [2.24, 2.45) is 0 Å². The van der Waals surface area contributed by atoms with E-state index in [1.54, 1.807) is 4.90 Å². The normalized spacial score (nSPS) is 9.50. The van der Waals surface area contributed by atoms with Gasteiger partial charge in [0.25, 0.3) is 0 Å². The largest absolute Gasteiger partial charge is 0.480 e. The fourth-order valence-corrected chi connectivity index (χ4v) is 1.25. The molecule has 1 aromatic heterocycles. The zero-order chi connectivity index (χ0) is 12.0. The predicted octanol–water partition coefficient (Wildman–Crippen LogP) is 0.649. The summed E-state index contributed by atoms with van der Waals surface area (Å²) in [4.78, 5) is 20.1. The fraction of sp³-hybridized carbons (Fsp3) is 0.400. The Morgan fingerprint density at radius 2 is 2.31 bits per heavy atom.